The Morgan fingerprint density at radius 2 is 1.84 bits per heavy atom. The standard InChI is InChI=1S/C26H31NO5/c1-16(2)32-14-8-13-27-23(19-9-6-7-10-21(19)31-5)22(25(29)26(27)30)24(28)20-15-17(3)11-12-18(20)4/h6-7,9-12,15-16,23,28H,8,13-14H2,1-5H3/b24-22+. The van der Waals surface area contributed by atoms with E-state index in [1.54, 1.807) is 13.2 Å². The quantitative estimate of drug-likeness (QED) is 0.284. The SMILES string of the molecule is COc1ccccc1C1/C(=C(\O)c2cc(C)ccc2C)C(=O)C(=O)N1CCCOC(C)C. The number of hydrogen-bond donors (Lipinski definition) is 1. The molecule has 2 aromatic rings. The first-order chi connectivity index (χ1) is 15.3. The number of nitrogens with zero attached hydrogens (tertiary/aromatic N) is 1. The van der Waals surface area contributed by atoms with Gasteiger partial charge in [-0.15, -0.1) is 0 Å². The number of carbonyl (C=O) groups excluding carboxylic acids is 2. The highest BCUT2D eigenvalue weighted by Gasteiger charge is 2.46. The number of amides is 1. The van der Waals surface area contributed by atoms with Crippen LogP contribution in [0, 0.1) is 13.8 Å². The third-order valence-corrected chi connectivity index (χ3v) is 5.62. The molecule has 0 aromatic heterocycles. The highest BCUT2D eigenvalue weighted by molar-refractivity contribution is 6.46. The second kappa shape index (κ2) is 10.0. The van der Waals surface area contributed by atoms with Crippen LogP contribution in [0.5, 0.6) is 5.75 Å². The zero-order valence-corrected chi connectivity index (χ0v) is 19.3. The van der Waals surface area contributed by atoms with E-state index in [4.69, 9.17) is 9.47 Å². The summed E-state index contributed by atoms with van der Waals surface area (Å²) >= 11 is 0. The first-order valence-corrected chi connectivity index (χ1v) is 10.9. The van der Waals surface area contributed by atoms with Crippen LogP contribution in [0.4, 0.5) is 0 Å². The number of ketones is 1. The van der Waals surface area contributed by atoms with Crippen molar-refractivity contribution in [2.24, 2.45) is 0 Å². The van der Waals surface area contributed by atoms with Crippen molar-refractivity contribution < 1.29 is 24.2 Å². The fraction of sp³-hybridized carbons (Fsp3) is 0.385. The van der Waals surface area contributed by atoms with E-state index in [2.05, 4.69) is 0 Å². The van der Waals surface area contributed by atoms with Gasteiger partial charge < -0.3 is 19.5 Å². The summed E-state index contributed by atoms with van der Waals surface area (Å²) in [5, 5.41) is 11.3. The van der Waals surface area contributed by atoms with Gasteiger partial charge in [0.15, 0.2) is 0 Å². The average molecular weight is 438 g/mol. The Kier molecular flexibility index (Phi) is 7.36. The molecule has 32 heavy (non-hydrogen) atoms. The predicted molar refractivity (Wildman–Crippen MR) is 124 cm³/mol. The Morgan fingerprint density at radius 3 is 2.53 bits per heavy atom. The van der Waals surface area contributed by atoms with Crippen molar-refractivity contribution in [1.82, 2.24) is 4.90 Å². The van der Waals surface area contributed by atoms with Crippen LogP contribution in [-0.2, 0) is 14.3 Å². The third kappa shape index (κ3) is 4.70. The molecule has 0 bridgehead atoms. The summed E-state index contributed by atoms with van der Waals surface area (Å²) in [7, 11) is 1.55. The predicted octanol–water partition coefficient (Wildman–Crippen LogP) is 4.55. The minimum atomic E-state index is -0.745. The monoisotopic (exact) mass is 437 g/mol. The topological polar surface area (TPSA) is 76.1 Å². The van der Waals surface area contributed by atoms with Crippen LogP contribution in [0.15, 0.2) is 48.0 Å². The molecule has 6 nitrogen and oxygen atoms in total. The molecular weight excluding hydrogens is 406 g/mol. The number of aliphatic hydroxyl groups excluding tert-OH is 1. The maximum Gasteiger partial charge on any atom is 0.295 e. The number of Topliss-reactive ketones (excluding diaryl/α,β-unsaturated/α-hetero) is 1. The van der Waals surface area contributed by atoms with Gasteiger partial charge in [-0.05, 0) is 51.8 Å². The second-order valence-electron chi connectivity index (χ2n) is 8.33. The minimum Gasteiger partial charge on any atom is -0.507 e. The molecule has 0 saturated carbocycles. The first kappa shape index (κ1) is 23.5. The fourth-order valence-corrected chi connectivity index (χ4v) is 4.02. The van der Waals surface area contributed by atoms with E-state index in [1.165, 1.54) is 4.90 Å². The van der Waals surface area contributed by atoms with Gasteiger partial charge in [-0.2, -0.15) is 0 Å². The van der Waals surface area contributed by atoms with Gasteiger partial charge in [0.1, 0.15) is 11.5 Å². The number of ether oxygens (including phenoxy) is 2. The summed E-state index contributed by atoms with van der Waals surface area (Å²) in [4.78, 5) is 27.7. The average Bonchev–Trinajstić information content (AvgIpc) is 3.02. The Morgan fingerprint density at radius 1 is 1.12 bits per heavy atom. The molecular formula is C26H31NO5. The van der Waals surface area contributed by atoms with Crippen LogP contribution in [0.2, 0.25) is 0 Å². The fourth-order valence-electron chi connectivity index (χ4n) is 4.02. The van der Waals surface area contributed by atoms with Crippen LogP contribution in [-0.4, -0.2) is 48.1 Å². The van der Waals surface area contributed by atoms with E-state index < -0.39 is 17.7 Å². The van der Waals surface area contributed by atoms with Crippen LogP contribution in [0.3, 0.4) is 0 Å². The molecule has 1 saturated heterocycles. The van der Waals surface area contributed by atoms with Crippen molar-refractivity contribution in [3.05, 3.63) is 70.3 Å². The van der Waals surface area contributed by atoms with Crippen LogP contribution < -0.4 is 4.74 Å². The third-order valence-electron chi connectivity index (χ3n) is 5.62. The van der Waals surface area contributed by atoms with E-state index in [-0.39, 0.29) is 17.4 Å². The number of aryl methyl sites for hydroxylation is 2. The lowest BCUT2D eigenvalue weighted by Crippen LogP contribution is -2.31. The molecule has 1 fully saturated rings. The van der Waals surface area contributed by atoms with Crippen molar-refractivity contribution in [1.29, 1.82) is 0 Å². The largest absolute Gasteiger partial charge is 0.507 e. The zero-order valence-electron chi connectivity index (χ0n) is 19.3. The van der Waals surface area contributed by atoms with Crippen LogP contribution >= 0.6 is 0 Å². The molecule has 1 N–H and O–H groups in total. The summed E-state index contributed by atoms with van der Waals surface area (Å²) in [6, 6.07) is 12.2. The normalized spacial score (nSPS) is 17.9. The molecule has 1 unspecified atom stereocenters. The highest BCUT2D eigenvalue weighted by Crippen LogP contribution is 2.43. The van der Waals surface area contributed by atoms with E-state index in [9.17, 15) is 14.7 Å². The molecule has 3 rings (SSSR count). The van der Waals surface area contributed by atoms with Crippen molar-refractivity contribution in [3.63, 3.8) is 0 Å². The smallest absolute Gasteiger partial charge is 0.295 e. The molecule has 170 valence electrons. The molecule has 0 aliphatic carbocycles. The highest BCUT2D eigenvalue weighted by atomic mass is 16.5. The molecule has 1 heterocycles. The van der Waals surface area contributed by atoms with E-state index >= 15 is 0 Å². The Bertz CT molecular complexity index is 1040. The van der Waals surface area contributed by atoms with Gasteiger partial charge in [-0.25, -0.2) is 0 Å². The lowest BCUT2D eigenvalue weighted by atomic mass is 9.93. The summed E-state index contributed by atoms with van der Waals surface area (Å²) in [6.45, 7) is 8.48. The molecule has 0 spiro atoms. The summed E-state index contributed by atoms with van der Waals surface area (Å²) in [5.41, 5.74) is 3.06. The minimum absolute atomic E-state index is 0.0815. The van der Waals surface area contributed by atoms with Gasteiger partial charge in [-0.3, -0.25) is 9.59 Å². The van der Waals surface area contributed by atoms with Crippen molar-refractivity contribution in [2.45, 2.75) is 46.3 Å². The maximum absolute atomic E-state index is 13.2. The van der Waals surface area contributed by atoms with Gasteiger partial charge in [-0.1, -0.05) is 35.9 Å². The number of methoxy groups -OCH3 is 1. The van der Waals surface area contributed by atoms with E-state index in [0.717, 1.165) is 11.1 Å². The number of carbonyl (C=O) groups is 2. The number of aliphatic hydroxyl groups is 1. The van der Waals surface area contributed by atoms with E-state index in [1.807, 2.05) is 64.1 Å². The first-order valence-electron chi connectivity index (χ1n) is 10.9. The second-order valence-corrected chi connectivity index (χ2v) is 8.33. The number of rotatable bonds is 8. The lowest BCUT2D eigenvalue weighted by Gasteiger charge is -2.26. The van der Waals surface area contributed by atoms with Crippen LogP contribution in [0.25, 0.3) is 5.76 Å². The van der Waals surface area contributed by atoms with Gasteiger partial charge in [0, 0.05) is 24.3 Å². The molecule has 2 aromatic carbocycles. The van der Waals surface area contributed by atoms with Crippen LogP contribution in [0.1, 0.15) is 48.6 Å². The summed E-state index contributed by atoms with van der Waals surface area (Å²) < 4.78 is 11.1. The van der Waals surface area contributed by atoms with Gasteiger partial charge in [0.2, 0.25) is 0 Å². The summed E-state index contributed by atoms with van der Waals surface area (Å²) in [6.07, 6.45) is 0.653. The molecule has 1 amide bonds. The Balaban J connectivity index is 2.13. The molecule has 0 radical (unpaired) electrons. The van der Waals surface area contributed by atoms with Crippen molar-refractivity contribution in [2.75, 3.05) is 20.3 Å². The zero-order chi connectivity index (χ0) is 23.4. The number of hydrogen-bond acceptors (Lipinski definition) is 5. The maximum atomic E-state index is 13.2. The van der Waals surface area contributed by atoms with Gasteiger partial charge >= 0.3 is 0 Å². The number of para-hydroxylation sites is 1. The molecule has 1 aliphatic heterocycles. The molecule has 6 heteroatoms. The van der Waals surface area contributed by atoms with Crippen molar-refractivity contribution >= 4 is 17.4 Å². The number of likely N-dealkylation sites (tertiary alicyclic amines) is 1. The number of benzene rings is 2. The van der Waals surface area contributed by atoms with E-state index in [0.29, 0.717) is 36.4 Å². The van der Waals surface area contributed by atoms with Crippen molar-refractivity contribution in [3.8, 4) is 5.75 Å². The lowest BCUT2D eigenvalue weighted by molar-refractivity contribution is -0.140. The molecule has 1 aliphatic rings. The Hall–Kier alpha value is -3.12. The summed E-state index contributed by atoms with van der Waals surface area (Å²) in [5.74, 6) is -0.933. The molecule has 1 atom stereocenters. The van der Waals surface area contributed by atoms with Gasteiger partial charge in [0.25, 0.3) is 11.7 Å². The Labute approximate surface area is 189 Å². The van der Waals surface area contributed by atoms with Gasteiger partial charge in [0.05, 0.1) is 24.8 Å².